The number of hydrogen-bond donors (Lipinski definition) is 2. The first-order valence-electron chi connectivity index (χ1n) is 6.56. The molecule has 1 heterocycles. The van der Waals surface area contributed by atoms with Crippen LogP contribution in [0.5, 0.6) is 0 Å². The molecular formula is C14H18Cl2N2O. The highest BCUT2D eigenvalue weighted by Crippen LogP contribution is 2.25. The smallest absolute Gasteiger partial charge is 0.237 e. The zero-order valence-corrected chi connectivity index (χ0v) is 12.4. The van der Waals surface area contributed by atoms with Gasteiger partial charge in [0.2, 0.25) is 5.91 Å². The van der Waals surface area contributed by atoms with Crippen LogP contribution in [0.25, 0.3) is 0 Å². The first-order chi connectivity index (χ1) is 9.08. The minimum Gasteiger partial charge on any atom is -0.348 e. The molecule has 0 saturated carbocycles. The Hall–Kier alpha value is -0.770. The molecule has 2 atom stereocenters. The van der Waals surface area contributed by atoms with Crippen LogP contribution in [0.3, 0.4) is 0 Å². The van der Waals surface area contributed by atoms with Crippen molar-refractivity contribution in [3.8, 4) is 0 Å². The average molecular weight is 301 g/mol. The van der Waals surface area contributed by atoms with Gasteiger partial charge in [-0.2, -0.15) is 0 Å². The molecule has 2 rings (SSSR count). The maximum Gasteiger partial charge on any atom is 0.237 e. The maximum absolute atomic E-state index is 12.1. The second-order valence-corrected chi connectivity index (χ2v) is 5.72. The molecule has 2 N–H and O–H groups in total. The standard InChI is InChI=1S/C14H18Cl2N2O/c1-9(10-5-6-11(15)12(16)8-10)18-14(19)13-4-2-3-7-17-13/h5-6,8-9,13,17H,2-4,7H2,1H3,(H,18,19)/t9?,13-/m1/s1. The minimum atomic E-state index is -0.0778. The van der Waals surface area contributed by atoms with Gasteiger partial charge in [-0.15, -0.1) is 0 Å². The molecule has 104 valence electrons. The highest BCUT2D eigenvalue weighted by atomic mass is 35.5. The summed E-state index contributed by atoms with van der Waals surface area (Å²) in [6.45, 7) is 2.86. The Morgan fingerprint density at radius 1 is 1.37 bits per heavy atom. The van der Waals surface area contributed by atoms with E-state index in [0.29, 0.717) is 10.0 Å². The Labute approximate surface area is 123 Å². The van der Waals surface area contributed by atoms with Gasteiger partial charge < -0.3 is 10.6 Å². The Morgan fingerprint density at radius 3 is 2.79 bits per heavy atom. The lowest BCUT2D eigenvalue weighted by Gasteiger charge is -2.24. The van der Waals surface area contributed by atoms with E-state index in [0.717, 1.165) is 31.4 Å². The van der Waals surface area contributed by atoms with E-state index in [9.17, 15) is 4.79 Å². The summed E-state index contributed by atoms with van der Waals surface area (Å²) in [5, 5.41) is 7.28. The molecule has 19 heavy (non-hydrogen) atoms. The SMILES string of the molecule is CC(NC(=O)[C@H]1CCCCN1)c1ccc(Cl)c(Cl)c1. The van der Waals surface area contributed by atoms with Crippen molar-refractivity contribution in [1.29, 1.82) is 0 Å². The van der Waals surface area contributed by atoms with Crippen LogP contribution in [0, 0.1) is 0 Å². The van der Waals surface area contributed by atoms with E-state index in [-0.39, 0.29) is 18.0 Å². The second kappa shape index (κ2) is 6.60. The van der Waals surface area contributed by atoms with Crippen LogP contribution in [0.1, 0.15) is 37.8 Å². The molecule has 1 aliphatic rings. The lowest BCUT2D eigenvalue weighted by atomic mass is 10.0. The van der Waals surface area contributed by atoms with Crippen molar-refractivity contribution in [3.63, 3.8) is 0 Å². The molecular weight excluding hydrogens is 283 g/mol. The number of carbonyl (C=O) groups is 1. The van der Waals surface area contributed by atoms with Gasteiger partial charge in [0, 0.05) is 0 Å². The molecule has 0 aliphatic carbocycles. The van der Waals surface area contributed by atoms with Crippen molar-refractivity contribution in [1.82, 2.24) is 10.6 Å². The zero-order valence-electron chi connectivity index (χ0n) is 10.9. The highest BCUT2D eigenvalue weighted by molar-refractivity contribution is 6.42. The van der Waals surface area contributed by atoms with Gasteiger partial charge in [-0.3, -0.25) is 4.79 Å². The predicted octanol–water partition coefficient (Wildman–Crippen LogP) is 3.31. The maximum atomic E-state index is 12.1. The van der Waals surface area contributed by atoms with Crippen LogP contribution in [0.2, 0.25) is 10.0 Å². The van der Waals surface area contributed by atoms with Crippen LogP contribution in [-0.4, -0.2) is 18.5 Å². The first-order valence-corrected chi connectivity index (χ1v) is 7.32. The lowest BCUT2D eigenvalue weighted by Crippen LogP contribution is -2.47. The van der Waals surface area contributed by atoms with Gasteiger partial charge in [0.25, 0.3) is 0 Å². The highest BCUT2D eigenvalue weighted by Gasteiger charge is 2.22. The predicted molar refractivity (Wildman–Crippen MR) is 78.7 cm³/mol. The second-order valence-electron chi connectivity index (χ2n) is 4.91. The van der Waals surface area contributed by atoms with Gasteiger partial charge in [-0.1, -0.05) is 35.7 Å². The van der Waals surface area contributed by atoms with Gasteiger partial charge in [-0.05, 0) is 44.0 Å². The van der Waals surface area contributed by atoms with Crippen molar-refractivity contribution in [3.05, 3.63) is 33.8 Å². The van der Waals surface area contributed by atoms with Gasteiger partial charge in [0.1, 0.15) is 0 Å². The third kappa shape index (κ3) is 3.85. The number of hydrogen-bond acceptors (Lipinski definition) is 2. The normalized spacial score (nSPS) is 20.9. The number of rotatable bonds is 3. The molecule has 0 bridgehead atoms. The summed E-state index contributed by atoms with van der Waals surface area (Å²) in [4.78, 5) is 12.1. The third-order valence-corrected chi connectivity index (χ3v) is 4.17. The van der Waals surface area contributed by atoms with Crippen molar-refractivity contribution >= 4 is 29.1 Å². The number of amides is 1. The van der Waals surface area contributed by atoms with E-state index < -0.39 is 0 Å². The first kappa shape index (κ1) is 14.6. The van der Waals surface area contributed by atoms with Crippen LogP contribution in [0.15, 0.2) is 18.2 Å². The zero-order chi connectivity index (χ0) is 13.8. The molecule has 1 fully saturated rings. The molecule has 1 aromatic carbocycles. The summed E-state index contributed by atoms with van der Waals surface area (Å²) in [5.41, 5.74) is 0.957. The van der Waals surface area contributed by atoms with Crippen molar-refractivity contribution in [2.75, 3.05) is 6.54 Å². The topological polar surface area (TPSA) is 41.1 Å². The fourth-order valence-electron chi connectivity index (χ4n) is 2.25. The minimum absolute atomic E-state index is 0.0540. The van der Waals surface area contributed by atoms with Crippen LogP contribution >= 0.6 is 23.2 Å². The number of carbonyl (C=O) groups excluding carboxylic acids is 1. The molecule has 0 radical (unpaired) electrons. The van der Waals surface area contributed by atoms with Gasteiger partial charge >= 0.3 is 0 Å². The Bertz CT molecular complexity index is 459. The number of nitrogens with one attached hydrogen (secondary N) is 2. The monoisotopic (exact) mass is 300 g/mol. The number of halogens is 2. The molecule has 1 aromatic rings. The van der Waals surface area contributed by atoms with E-state index in [1.807, 2.05) is 13.0 Å². The lowest BCUT2D eigenvalue weighted by molar-refractivity contribution is -0.124. The largest absolute Gasteiger partial charge is 0.348 e. The number of benzene rings is 1. The van der Waals surface area contributed by atoms with Crippen LogP contribution in [-0.2, 0) is 4.79 Å². The van der Waals surface area contributed by atoms with Crippen LogP contribution in [0.4, 0.5) is 0 Å². The molecule has 1 aliphatic heterocycles. The Kier molecular flexibility index (Phi) is 5.08. The van der Waals surface area contributed by atoms with Crippen molar-refractivity contribution < 1.29 is 4.79 Å². The van der Waals surface area contributed by atoms with Gasteiger partial charge in [0.05, 0.1) is 22.1 Å². The van der Waals surface area contributed by atoms with E-state index in [4.69, 9.17) is 23.2 Å². The summed E-state index contributed by atoms with van der Waals surface area (Å²) >= 11 is 11.9. The molecule has 1 unspecified atom stereocenters. The quantitative estimate of drug-likeness (QED) is 0.899. The van der Waals surface area contributed by atoms with Crippen molar-refractivity contribution in [2.45, 2.75) is 38.3 Å². The fraction of sp³-hybridized carbons (Fsp3) is 0.500. The van der Waals surface area contributed by atoms with Crippen molar-refractivity contribution in [2.24, 2.45) is 0 Å². The molecule has 1 amide bonds. The molecule has 3 nitrogen and oxygen atoms in total. The fourth-order valence-corrected chi connectivity index (χ4v) is 2.56. The molecule has 1 saturated heterocycles. The molecule has 0 spiro atoms. The average Bonchev–Trinajstić information content (AvgIpc) is 2.42. The molecule has 0 aromatic heterocycles. The summed E-state index contributed by atoms with van der Waals surface area (Å²) in [5.74, 6) is 0.0540. The van der Waals surface area contributed by atoms with E-state index in [2.05, 4.69) is 10.6 Å². The summed E-state index contributed by atoms with van der Waals surface area (Å²) in [7, 11) is 0. The summed E-state index contributed by atoms with van der Waals surface area (Å²) in [6.07, 6.45) is 3.15. The van der Waals surface area contributed by atoms with E-state index in [1.165, 1.54) is 0 Å². The van der Waals surface area contributed by atoms with Gasteiger partial charge in [0.15, 0.2) is 0 Å². The Morgan fingerprint density at radius 2 is 2.16 bits per heavy atom. The summed E-state index contributed by atoms with van der Waals surface area (Å²) < 4.78 is 0. The summed E-state index contributed by atoms with van der Waals surface area (Å²) in [6, 6.07) is 5.28. The van der Waals surface area contributed by atoms with Gasteiger partial charge in [-0.25, -0.2) is 0 Å². The van der Waals surface area contributed by atoms with E-state index >= 15 is 0 Å². The number of piperidine rings is 1. The van der Waals surface area contributed by atoms with E-state index in [1.54, 1.807) is 12.1 Å². The molecule has 5 heteroatoms. The third-order valence-electron chi connectivity index (χ3n) is 3.43. The van der Waals surface area contributed by atoms with Crippen LogP contribution < -0.4 is 10.6 Å². The Balaban J connectivity index is 1.97.